The van der Waals surface area contributed by atoms with Gasteiger partial charge in [-0.3, -0.25) is 0 Å². The van der Waals surface area contributed by atoms with Crippen LogP contribution in [-0.2, 0) is 0 Å². The highest BCUT2D eigenvalue weighted by molar-refractivity contribution is 8.00. The highest BCUT2D eigenvalue weighted by atomic mass is 35.5. The predicted molar refractivity (Wildman–Crippen MR) is 112 cm³/mol. The summed E-state index contributed by atoms with van der Waals surface area (Å²) >= 11 is 6.83. The smallest absolute Gasteiger partial charge is 0.228 e. The fraction of sp³-hybridized carbons (Fsp3) is 0.0526. The minimum absolute atomic E-state index is 0.0269. The van der Waals surface area contributed by atoms with E-state index in [1.807, 2.05) is 0 Å². The maximum Gasteiger partial charge on any atom is 0.228 e. The second kappa shape index (κ2) is 8.44. The number of nitrogen functional groups attached to an aromatic ring is 1. The van der Waals surface area contributed by atoms with E-state index >= 15 is 8.78 Å². The number of rotatable bonds is 5. The molecule has 158 valence electrons. The lowest BCUT2D eigenvalue weighted by molar-refractivity contribution is 0.387. The first kappa shape index (κ1) is 20.9. The van der Waals surface area contributed by atoms with E-state index in [4.69, 9.17) is 22.1 Å². The van der Waals surface area contributed by atoms with Crippen molar-refractivity contribution in [3.05, 3.63) is 59.3 Å². The predicted octanol–water partition coefficient (Wildman–Crippen LogP) is 4.87. The van der Waals surface area contributed by atoms with Crippen molar-refractivity contribution in [1.82, 2.24) is 19.9 Å². The van der Waals surface area contributed by atoms with Crippen LogP contribution >= 0.6 is 23.5 Å². The molecule has 0 amide bonds. The fourth-order valence-corrected chi connectivity index (χ4v) is 3.78. The molecule has 3 N–H and O–H groups in total. The molecule has 4 aromatic rings. The van der Waals surface area contributed by atoms with Crippen molar-refractivity contribution in [3.63, 3.8) is 0 Å². The highest BCUT2D eigenvalue weighted by Crippen LogP contribution is 2.36. The number of nitrogens with one attached hydrogen (secondary N) is 1. The Kier molecular flexibility index (Phi) is 5.70. The van der Waals surface area contributed by atoms with Gasteiger partial charge < -0.3 is 15.2 Å². The number of hydrogen-bond donors (Lipinski definition) is 2. The molecule has 0 unspecified atom stereocenters. The van der Waals surface area contributed by atoms with Gasteiger partial charge >= 0.3 is 0 Å². The number of nitrogens with two attached hydrogens (primary N) is 1. The van der Waals surface area contributed by atoms with Gasteiger partial charge in [0.15, 0.2) is 17.5 Å². The van der Waals surface area contributed by atoms with Crippen molar-refractivity contribution in [2.24, 2.45) is 0 Å². The van der Waals surface area contributed by atoms with Gasteiger partial charge in [0.1, 0.15) is 5.82 Å². The second-order valence-corrected chi connectivity index (χ2v) is 7.38. The molecular formula is C19H12ClF3N6OS. The Bertz CT molecular complexity index is 1310. The Morgan fingerprint density at radius 2 is 1.87 bits per heavy atom. The zero-order valence-electron chi connectivity index (χ0n) is 15.7. The average molecular weight is 465 g/mol. The van der Waals surface area contributed by atoms with Crippen molar-refractivity contribution < 1.29 is 17.9 Å². The summed E-state index contributed by atoms with van der Waals surface area (Å²) in [5.41, 5.74) is 4.80. The van der Waals surface area contributed by atoms with E-state index in [0.717, 1.165) is 24.3 Å². The molecule has 31 heavy (non-hydrogen) atoms. The van der Waals surface area contributed by atoms with E-state index in [0.29, 0.717) is 9.92 Å². The van der Waals surface area contributed by atoms with Gasteiger partial charge in [-0.05, 0) is 30.1 Å². The minimum Gasteiger partial charge on any atom is -0.480 e. The zero-order chi connectivity index (χ0) is 22.1. The molecule has 7 nitrogen and oxygen atoms in total. The molecule has 0 fully saturated rings. The van der Waals surface area contributed by atoms with E-state index in [1.165, 1.54) is 25.4 Å². The molecule has 0 aliphatic carbocycles. The van der Waals surface area contributed by atoms with Gasteiger partial charge in [-0.2, -0.15) is 0 Å². The molecule has 0 radical (unpaired) electrons. The van der Waals surface area contributed by atoms with Gasteiger partial charge in [0.05, 0.1) is 39.7 Å². The van der Waals surface area contributed by atoms with Crippen LogP contribution in [0.15, 0.2) is 41.7 Å². The monoisotopic (exact) mass is 464 g/mol. The summed E-state index contributed by atoms with van der Waals surface area (Å²) in [4.78, 5) is 15.8. The standard InChI is InChI=1S/C19H12ClF3N6OS/c1-30-18-13(4-8(20)5-26-18)31-29-17-16(23)14(11(21)7-25-17)9-2-3-12-10(15(9)22)6-27-19(24)28-12/h2-7H,1H3,(H,25,29)(H2,24,27,28). The molecule has 0 saturated carbocycles. The topological polar surface area (TPSA) is 98.8 Å². The number of halogens is 4. The number of methoxy groups -OCH3 is 1. The van der Waals surface area contributed by atoms with Crippen molar-refractivity contribution in [2.45, 2.75) is 4.90 Å². The third kappa shape index (κ3) is 4.01. The van der Waals surface area contributed by atoms with Gasteiger partial charge in [-0.25, -0.2) is 33.1 Å². The SMILES string of the molecule is COc1ncc(Cl)cc1SNc1ncc(F)c(-c2ccc3nc(N)ncc3c2F)c1F. The van der Waals surface area contributed by atoms with E-state index in [2.05, 4.69) is 24.7 Å². The third-order valence-electron chi connectivity index (χ3n) is 4.20. The number of anilines is 2. The molecule has 4 rings (SSSR count). The molecule has 3 heterocycles. The summed E-state index contributed by atoms with van der Waals surface area (Å²) in [6.07, 6.45) is 3.33. The lowest BCUT2D eigenvalue weighted by atomic mass is 10.0. The molecule has 3 aromatic heterocycles. The number of ether oxygens (including phenoxy) is 1. The summed E-state index contributed by atoms with van der Waals surface area (Å²) in [5.74, 6) is -3.14. The van der Waals surface area contributed by atoms with E-state index < -0.39 is 23.0 Å². The Hall–Kier alpha value is -3.31. The van der Waals surface area contributed by atoms with Gasteiger partial charge in [-0.15, -0.1) is 0 Å². The van der Waals surface area contributed by atoms with Crippen LogP contribution < -0.4 is 15.2 Å². The summed E-state index contributed by atoms with van der Waals surface area (Å²) < 4.78 is 52.5. The normalized spacial score (nSPS) is 11.0. The van der Waals surface area contributed by atoms with Gasteiger partial charge in [0.2, 0.25) is 11.8 Å². The van der Waals surface area contributed by atoms with Crippen molar-refractivity contribution in [3.8, 4) is 17.0 Å². The van der Waals surface area contributed by atoms with E-state index in [9.17, 15) is 4.39 Å². The molecule has 0 saturated heterocycles. The van der Waals surface area contributed by atoms with Gasteiger partial charge in [0, 0.05) is 18.0 Å². The Balaban J connectivity index is 1.74. The van der Waals surface area contributed by atoms with Crippen LogP contribution in [0.1, 0.15) is 0 Å². The number of hydrogen-bond acceptors (Lipinski definition) is 8. The molecular weight excluding hydrogens is 453 g/mol. The third-order valence-corrected chi connectivity index (χ3v) is 5.21. The number of nitrogens with zero attached hydrogens (tertiary/aromatic N) is 4. The van der Waals surface area contributed by atoms with Crippen LogP contribution in [-0.4, -0.2) is 27.0 Å². The van der Waals surface area contributed by atoms with E-state index in [-0.39, 0.29) is 34.1 Å². The molecule has 1 aromatic carbocycles. The Morgan fingerprint density at radius 3 is 2.65 bits per heavy atom. The largest absolute Gasteiger partial charge is 0.480 e. The molecule has 0 aliphatic rings. The quantitative estimate of drug-likeness (QED) is 0.404. The zero-order valence-corrected chi connectivity index (χ0v) is 17.2. The Morgan fingerprint density at radius 1 is 1.06 bits per heavy atom. The summed E-state index contributed by atoms with van der Waals surface area (Å²) in [5, 5.41) is 0.306. The summed E-state index contributed by atoms with van der Waals surface area (Å²) in [7, 11) is 1.41. The van der Waals surface area contributed by atoms with Crippen molar-refractivity contribution >= 4 is 46.2 Å². The van der Waals surface area contributed by atoms with Crippen LogP contribution in [0.25, 0.3) is 22.0 Å². The molecule has 0 aliphatic heterocycles. The number of pyridine rings is 2. The summed E-state index contributed by atoms with van der Waals surface area (Å²) in [6.45, 7) is 0. The average Bonchev–Trinajstić information content (AvgIpc) is 2.75. The molecule has 0 atom stereocenters. The lowest BCUT2D eigenvalue weighted by Gasteiger charge is -2.13. The maximum absolute atomic E-state index is 15.2. The highest BCUT2D eigenvalue weighted by Gasteiger charge is 2.22. The van der Waals surface area contributed by atoms with Crippen LogP contribution in [0.2, 0.25) is 5.02 Å². The fourth-order valence-electron chi connectivity index (χ4n) is 2.80. The minimum atomic E-state index is -1.09. The van der Waals surface area contributed by atoms with Crippen molar-refractivity contribution in [1.29, 1.82) is 0 Å². The van der Waals surface area contributed by atoms with Crippen molar-refractivity contribution in [2.75, 3.05) is 17.6 Å². The first-order valence-electron chi connectivity index (χ1n) is 8.56. The summed E-state index contributed by atoms with van der Waals surface area (Å²) in [6, 6.07) is 4.16. The molecule has 0 spiro atoms. The van der Waals surface area contributed by atoms with Crippen LogP contribution in [0.5, 0.6) is 5.88 Å². The van der Waals surface area contributed by atoms with Crippen LogP contribution in [0.3, 0.4) is 0 Å². The number of fused-ring (bicyclic) bond motifs is 1. The number of benzene rings is 1. The number of aromatic nitrogens is 4. The van der Waals surface area contributed by atoms with Gasteiger partial charge in [0.25, 0.3) is 0 Å². The molecule has 0 bridgehead atoms. The second-order valence-electron chi connectivity index (χ2n) is 6.10. The lowest BCUT2D eigenvalue weighted by Crippen LogP contribution is -2.03. The van der Waals surface area contributed by atoms with E-state index in [1.54, 1.807) is 6.07 Å². The van der Waals surface area contributed by atoms with Crippen LogP contribution in [0.4, 0.5) is 24.9 Å². The first-order chi connectivity index (χ1) is 14.9. The Labute approximate surface area is 183 Å². The van der Waals surface area contributed by atoms with Gasteiger partial charge in [-0.1, -0.05) is 11.6 Å². The first-order valence-corrected chi connectivity index (χ1v) is 9.76. The van der Waals surface area contributed by atoms with Crippen LogP contribution in [0, 0.1) is 17.5 Å². The molecule has 12 heteroatoms. The maximum atomic E-state index is 15.2.